The van der Waals surface area contributed by atoms with Gasteiger partial charge in [-0.1, -0.05) is 65.2 Å². The van der Waals surface area contributed by atoms with Crippen molar-refractivity contribution >= 4 is 22.1 Å². The minimum absolute atomic E-state index is 0.181. The zero-order valence-electron chi connectivity index (χ0n) is 14.5. The highest BCUT2D eigenvalue weighted by Gasteiger charge is 2.47. The fourth-order valence-corrected chi connectivity index (χ4v) is 4.21. The minimum atomic E-state index is -5.14. The summed E-state index contributed by atoms with van der Waals surface area (Å²) in [5.74, 6) is -3.87. The lowest BCUT2D eigenvalue weighted by Gasteiger charge is -2.40. The first-order valence-corrected chi connectivity index (χ1v) is 10.0. The van der Waals surface area contributed by atoms with Crippen LogP contribution in [0.1, 0.15) is 78.1 Å². The van der Waals surface area contributed by atoms with Gasteiger partial charge in [0.05, 0.1) is 5.97 Å². The van der Waals surface area contributed by atoms with Crippen molar-refractivity contribution in [1.82, 2.24) is 0 Å². The van der Waals surface area contributed by atoms with Crippen LogP contribution in [-0.2, 0) is 19.7 Å². The van der Waals surface area contributed by atoms with Crippen molar-refractivity contribution in [3.05, 3.63) is 0 Å². The van der Waals surface area contributed by atoms with Gasteiger partial charge >= 0.3 is 0 Å². The third-order valence-electron chi connectivity index (χ3n) is 4.37. The van der Waals surface area contributed by atoms with E-state index in [1.54, 1.807) is 0 Å². The van der Waals surface area contributed by atoms with Crippen LogP contribution in [0.5, 0.6) is 0 Å². The predicted molar refractivity (Wildman–Crippen MR) is 85.3 cm³/mol. The number of carboxylic acids is 2. The molecule has 0 aliphatic rings. The Labute approximate surface area is 144 Å². The molecule has 0 aliphatic heterocycles. The Morgan fingerprint density at radius 3 is 1.58 bits per heavy atom. The maximum atomic E-state index is 11.8. The molecule has 142 valence electrons. The molecule has 0 spiro atoms. The summed E-state index contributed by atoms with van der Waals surface area (Å²) in [7, 11) is -5.14. The number of carboxylic acid groups (broad SMARTS) is 2. The topological polar surface area (TPSA) is 135 Å². The van der Waals surface area contributed by atoms with Crippen LogP contribution < -0.4 is 10.2 Å². The summed E-state index contributed by atoms with van der Waals surface area (Å²) in [6.07, 6.45) is 5.02. The van der Waals surface area contributed by atoms with Crippen LogP contribution >= 0.6 is 0 Å². The molecular formula is C16H28O7S-2. The molecule has 0 rings (SSSR count). The van der Waals surface area contributed by atoms with Gasteiger partial charge in [0.1, 0.15) is 5.25 Å². The number of aliphatic carboxylic acids is 2. The second-order valence-corrected chi connectivity index (χ2v) is 7.78. The van der Waals surface area contributed by atoms with Gasteiger partial charge in [0.2, 0.25) is 0 Å². The Kier molecular flexibility index (Phi) is 10.1. The predicted octanol–water partition coefficient (Wildman–Crippen LogP) is 0.670. The summed E-state index contributed by atoms with van der Waals surface area (Å²) < 4.78 is 32.4. The maximum absolute atomic E-state index is 11.8. The molecule has 0 aromatic heterocycles. The van der Waals surface area contributed by atoms with Crippen molar-refractivity contribution in [2.75, 3.05) is 0 Å². The first-order chi connectivity index (χ1) is 11.1. The molecule has 0 bridgehead atoms. The van der Waals surface area contributed by atoms with Gasteiger partial charge in [-0.05, 0) is 12.8 Å². The molecule has 0 aromatic carbocycles. The fraction of sp³-hybridized carbons (Fsp3) is 0.875. The smallest absolute Gasteiger partial charge is 0.274 e. The number of rotatable bonds is 14. The molecule has 0 aromatic rings. The van der Waals surface area contributed by atoms with E-state index in [1.807, 2.05) is 13.8 Å². The third kappa shape index (κ3) is 6.76. The lowest BCUT2D eigenvalue weighted by atomic mass is 9.74. The molecule has 1 N–H and O–H groups in total. The Morgan fingerprint density at radius 1 is 0.917 bits per heavy atom. The van der Waals surface area contributed by atoms with Gasteiger partial charge in [-0.25, -0.2) is 0 Å². The molecule has 1 unspecified atom stereocenters. The molecule has 0 radical (unpaired) electrons. The van der Waals surface area contributed by atoms with E-state index < -0.39 is 32.7 Å². The van der Waals surface area contributed by atoms with Crippen LogP contribution in [0.2, 0.25) is 0 Å². The van der Waals surface area contributed by atoms with Gasteiger partial charge in [0.25, 0.3) is 10.1 Å². The van der Waals surface area contributed by atoms with Gasteiger partial charge < -0.3 is 19.8 Å². The Bertz CT molecular complexity index is 487. The van der Waals surface area contributed by atoms with Crippen LogP contribution in [0.3, 0.4) is 0 Å². The molecule has 0 fully saturated rings. The second-order valence-electron chi connectivity index (χ2n) is 6.28. The maximum Gasteiger partial charge on any atom is 0.274 e. The van der Waals surface area contributed by atoms with E-state index in [0.29, 0.717) is 25.7 Å². The van der Waals surface area contributed by atoms with Crippen molar-refractivity contribution in [2.45, 2.75) is 83.3 Å². The van der Waals surface area contributed by atoms with Crippen molar-refractivity contribution in [2.24, 2.45) is 5.41 Å². The molecule has 0 aliphatic carbocycles. The van der Waals surface area contributed by atoms with Gasteiger partial charge in [0, 0.05) is 11.4 Å². The second kappa shape index (κ2) is 10.7. The largest absolute Gasteiger partial charge is 0.549 e. The van der Waals surface area contributed by atoms with Crippen LogP contribution in [0, 0.1) is 5.41 Å². The molecule has 7 nitrogen and oxygen atoms in total. The van der Waals surface area contributed by atoms with Gasteiger partial charge in [-0.3, -0.25) is 4.55 Å². The monoisotopic (exact) mass is 364 g/mol. The summed E-state index contributed by atoms with van der Waals surface area (Å²) in [5.41, 5.74) is -2.17. The lowest BCUT2D eigenvalue weighted by Crippen LogP contribution is -2.59. The average Bonchev–Trinajstić information content (AvgIpc) is 2.45. The standard InChI is InChI=1S/C16H30O7S/c1-3-5-7-9-11-16(15(19)20,12-10-8-6-4-2)13(14(17)18)24(21,22)23/h13H,3-12H2,1-2H3,(H,17,18)(H,19,20)(H,21,22,23)/p-2. The van der Waals surface area contributed by atoms with E-state index in [1.165, 1.54) is 0 Å². The Balaban J connectivity index is 5.61. The van der Waals surface area contributed by atoms with Crippen LogP contribution in [-0.4, -0.2) is 30.2 Å². The van der Waals surface area contributed by atoms with E-state index in [-0.39, 0.29) is 12.8 Å². The van der Waals surface area contributed by atoms with Gasteiger partial charge in [-0.15, -0.1) is 0 Å². The molecule has 0 saturated carbocycles. The summed E-state index contributed by atoms with van der Waals surface area (Å²) in [6, 6.07) is 0. The van der Waals surface area contributed by atoms with E-state index in [2.05, 4.69) is 0 Å². The number of hydrogen-bond donors (Lipinski definition) is 1. The zero-order valence-corrected chi connectivity index (χ0v) is 15.3. The molecular weight excluding hydrogens is 336 g/mol. The molecule has 0 saturated heterocycles. The summed E-state index contributed by atoms with van der Waals surface area (Å²) in [6.45, 7) is 3.91. The average molecular weight is 364 g/mol. The molecule has 8 heteroatoms. The fourth-order valence-electron chi connectivity index (χ4n) is 3.07. The highest BCUT2D eigenvalue weighted by atomic mass is 32.2. The highest BCUT2D eigenvalue weighted by Crippen LogP contribution is 2.38. The summed E-state index contributed by atoms with van der Waals surface area (Å²) in [4.78, 5) is 23.1. The highest BCUT2D eigenvalue weighted by molar-refractivity contribution is 7.87. The number of unbranched alkanes of at least 4 members (excludes halogenated alkanes) is 6. The van der Waals surface area contributed by atoms with Crippen LogP contribution in [0.25, 0.3) is 0 Å². The molecule has 0 heterocycles. The van der Waals surface area contributed by atoms with Gasteiger partial charge in [-0.2, -0.15) is 8.42 Å². The number of carbonyl (C=O) groups excluding carboxylic acids is 2. The minimum Gasteiger partial charge on any atom is -0.549 e. The van der Waals surface area contributed by atoms with Crippen molar-refractivity contribution in [3.8, 4) is 0 Å². The SMILES string of the molecule is CCCCCCC(CCCCCC)(C(=O)[O-])C(C(=O)[O-])S(=O)(=O)O. The number of carbonyl (C=O) groups is 2. The first-order valence-electron chi connectivity index (χ1n) is 8.52. The zero-order chi connectivity index (χ0) is 18.8. The molecule has 24 heavy (non-hydrogen) atoms. The van der Waals surface area contributed by atoms with E-state index in [0.717, 1.165) is 25.7 Å². The Hall–Kier alpha value is -1.15. The van der Waals surface area contributed by atoms with Crippen molar-refractivity contribution < 1.29 is 32.8 Å². The molecule has 1 atom stereocenters. The quantitative estimate of drug-likeness (QED) is 0.353. The van der Waals surface area contributed by atoms with E-state index >= 15 is 0 Å². The molecule has 0 amide bonds. The van der Waals surface area contributed by atoms with Crippen LogP contribution in [0.4, 0.5) is 0 Å². The summed E-state index contributed by atoms with van der Waals surface area (Å²) >= 11 is 0. The van der Waals surface area contributed by atoms with Crippen LogP contribution in [0.15, 0.2) is 0 Å². The normalized spacial score (nSPS) is 13.6. The third-order valence-corrected chi connectivity index (χ3v) is 5.61. The van der Waals surface area contributed by atoms with E-state index in [9.17, 15) is 32.8 Å². The summed E-state index contributed by atoms with van der Waals surface area (Å²) in [5, 5.41) is 20.6. The number of hydrogen-bond acceptors (Lipinski definition) is 6. The Morgan fingerprint density at radius 2 is 1.33 bits per heavy atom. The first kappa shape index (κ1) is 22.9. The van der Waals surface area contributed by atoms with Gasteiger partial charge in [0.15, 0.2) is 0 Å². The van der Waals surface area contributed by atoms with Crippen molar-refractivity contribution in [1.29, 1.82) is 0 Å². The van der Waals surface area contributed by atoms with E-state index in [4.69, 9.17) is 0 Å². The van der Waals surface area contributed by atoms with Crippen molar-refractivity contribution in [3.63, 3.8) is 0 Å². The lowest BCUT2D eigenvalue weighted by molar-refractivity contribution is -0.328.